The van der Waals surface area contributed by atoms with Crippen LogP contribution >= 0.6 is 0 Å². The Hall–Kier alpha value is -2.41. The lowest BCUT2D eigenvalue weighted by molar-refractivity contribution is 0.0766. The maximum Gasteiger partial charge on any atom is 0.349 e. The summed E-state index contributed by atoms with van der Waals surface area (Å²) in [6.45, 7) is 2.82. The van der Waals surface area contributed by atoms with E-state index >= 15 is 0 Å². The fraction of sp³-hybridized carbons (Fsp3) is 0.571. The van der Waals surface area contributed by atoms with E-state index in [0.29, 0.717) is 24.5 Å². The topological polar surface area (TPSA) is 88.4 Å². The summed E-state index contributed by atoms with van der Waals surface area (Å²) in [5, 5.41) is 7.56. The van der Waals surface area contributed by atoms with Crippen LogP contribution in [0.15, 0.2) is 15.3 Å². The predicted molar refractivity (Wildman–Crippen MR) is 103 cm³/mol. The zero-order chi connectivity index (χ0) is 19.7. The first kappa shape index (κ1) is 18.9. The minimum absolute atomic E-state index is 0.0888. The Labute approximate surface area is 164 Å². The van der Waals surface area contributed by atoms with E-state index in [2.05, 4.69) is 10.2 Å². The molecule has 0 aromatic carbocycles. The van der Waals surface area contributed by atoms with Gasteiger partial charge in [-0.15, -0.1) is 0 Å². The van der Waals surface area contributed by atoms with Crippen LogP contribution in [-0.4, -0.2) is 34.7 Å². The van der Waals surface area contributed by atoms with Gasteiger partial charge in [0.1, 0.15) is 17.4 Å². The van der Waals surface area contributed by atoms with Gasteiger partial charge >= 0.3 is 5.63 Å². The first-order chi connectivity index (χ1) is 13.5. The lowest BCUT2D eigenvalue weighted by atomic mass is 10.1. The number of amides is 1. The highest BCUT2D eigenvalue weighted by Gasteiger charge is 2.26. The van der Waals surface area contributed by atoms with Crippen molar-refractivity contribution >= 4 is 5.91 Å². The highest BCUT2D eigenvalue weighted by atomic mass is 16.5. The fourth-order valence-corrected chi connectivity index (χ4v) is 4.20. The Morgan fingerprint density at radius 1 is 1.29 bits per heavy atom. The van der Waals surface area contributed by atoms with Crippen LogP contribution in [0.5, 0.6) is 0 Å². The Bertz CT molecular complexity index is 924. The molecule has 1 aliphatic carbocycles. The average molecular weight is 385 g/mol. The number of nitrogens with zero attached hydrogens (tertiary/aromatic N) is 2. The zero-order valence-electron chi connectivity index (χ0n) is 16.5. The second kappa shape index (κ2) is 7.91. The molecule has 1 N–H and O–H groups in total. The van der Waals surface area contributed by atoms with E-state index in [0.717, 1.165) is 37.8 Å². The van der Waals surface area contributed by atoms with Crippen LogP contribution in [-0.2, 0) is 24.1 Å². The Balaban J connectivity index is 1.54. The van der Waals surface area contributed by atoms with Crippen LogP contribution in [0.1, 0.15) is 76.8 Å². The number of H-pyrrole nitrogens is 1. The minimum Gasteiger partial charge on any atom is -0.424 e. The number of hydrogen-bond acceptors (Lipinski definition) is 5. The number of rotatable bonds is 4. The highest BCUT2D eigenvalue weighted by Crippen LogP contribution is 2.29. The summed E-state index contributed by atoms with van der Waals surface area (Å²) in [4.78, 5) is 27.1. The van der Waals surface area contributed by atoms with Crippen LogP contribution in [0, 0.1) is 6.92 Å². The molecule has 2 aliphatic rings. The van der Waals surface area contributed by atoms with Gasteiger partial charge in [0.2, 0.25) is 0 Å². The third-order valence-corrected chi connectivity index (χ3v) is 5.75. The molecule has 1 fully saturated rings. The van der Waals surface area contributed by atoms with E-state index in [4.69, 9.17) is 9.15 Å². The second-order valence-electron chi connectivity index (χ2n) is 7.85. The Morgan fingerprint density at radius 2 is 2.11 bits per heavy atom. The number of carbonyl (C=O) groups is 1. The van der Waals surface area contributed by atoms with Crippen molar-refractivity contribution in [1.82, 2.24) is 15.1 Å². The summed E-state index contributed by atoms with van der Waals surface area (Å²) >= 11 is 0. The summed E-state index contributed by atoms with van der Waals surface area (Å²) in [5.41, 5.74) is 3.43. The number of hydrogen-bond donors (Lipinski definition) is 1. The molecular weight excluding hydrogens is 358 g/mol. The molecule has 1 atom stereocenters. The molecule has 1 amide bonds. The van der Waals surface area contributed by atoms with Gasteiger partial charge < -0.3 is 14.1 Å². The number of fused-ring (bicyclic) bond motifs is 1. The number of nitrogens with one attached hydrogen (secondary N) is 1. The molecule has 1 aliphatic heterocycles. The van der Waals surface area contributed by atoms with Crippen LogP contribution in [0.4, 0.5) is 0 Å². The molecule has 4 rings (SSSR count). The Kier molecular flexibility index (Phi) is 5.35. The van der Waals surface area contributed by atoms with Gasteiger partial charge in [0.25, 0.3) is 5.91 Å². The van der Waals surface area contributed by atoms with Gasteiger partial charge in [-0.1, -0.05) is 6.42 Å². The van der Waals surface area contributed by atoms with Gasteiger partial charge in [0.15, 0.2) is 0 Å². The number of ether oxygens (including phenoxy) is 1. The van der Waals surface area contributed by atoms with Gasteiger partial charge in [-0.05, 0) is 62.6 Å². The molecular formula is C21H27N3O4. The van der Waals surface area contributed by atoms with Gasteiger partial charge in [0, 0.05) is 19.3 Å². The molecule has 1 unspecified atom stereocenters. The number of aromatic amines is 1. The van der Waals surface area contributed by atoms with Gasteiger partial charge in [0.05, 0.1) is 12.2 Å². The summed E-state index contributed by atoms with van der Waals surface area (Å²) in [5.74, 6) is 0.173. The van der Waals surface area contributed by atoms with Crippen molar-refractivity contribution in [2.24, 2.45) is 0 Å². The molecule has 0 bridgehead atoms. The quantitative estimate of drug-likeness (QED) is 0.817. The van der Waals surface area contributed by atoms with Crippen molar-refractivity contribution < 1.29 is 13.9 Å². The summed E-state index contributed by atoms with van der Waals surface area (Å²) < 4.78 is 11.0. The smallest absolute Gasteiger partial charge is 0.349 e. The molecule has 28 heavy (non-hydrogen) atoms. The van der Waals surface area contributed by atoms with Crippen LogP contribution in [0.3, 0.4) is 0 Å². The molecule has 7 heteroatoms. The minimum atomic E-state index is -0.594. The van der Waals surface area contributed by atoms with E-state index in [-0.39, 0.29) is 17.6 Å². The average Bonchev–Trinajstić information content (AvgIpc) is 3.26. The molecule has 0 saturated carbocycles. The normalized spacial score (nSPS) is 19.3. The third-order valence-electron chi connectivity index (χ3n) is 5.75. The van der Waals surface area contributed by atoms with Crippen LogP contribution in [0.25, 0.3) is 0 Å². The van der Waals surface area contributed by atoms with Gasteiger partial charge in [-0.2, -0.15) is 5.10 Å². The van der Waals surface area contributed by atoms with Crippen molar-refractivity contribution in [3.63, 3.8) is 0 Å². The monoisotopic (exact) mass is 385 g/mol. The summed E-state index contributed by atoms with van der Waals surface area (Å²) in [6.07, 6.45) is 7.12. The van der Waals surface area contributed by atoms with E-state index < -0.39 is 5.63 Å². The van der Waals surface area contributed by atoms with E-state index in [9.17, 15) is 9.59 Å². The maximum absolute atomic E-state index is 13.0. The first-order valence-corrected chi connectivity index (χ1v) is 10.1. The maximum atomic E-state index is 13.0. The number of aryl methyl sites for hydroxylation is 2. The van der Waals surface area contributed by atoms with Crippen molar-refractivity contribution in [3.05, 3.63) is 50.3 Å². The first-order valence-electron chi connectivity index (χ1n) is 10.1. The number of aromatic nitrogens is 2. The lowest BCUT2D eigenvalue weighted by Gasteiger charge is -2.18. The second-order valence-corrected chi connectivity index (χ2v) is 7.85. The highest BCUT2D eigenvalue weighted by molar-refractivity contribution is 5.94. The summed E-state index contributed by atoms with van der Waals surface area (Å²) in [6, 6.07) is 1.76. The van der Waals surface area contributed by atoms with Gasteiger partial charge in [-0.25, -0.2) is 4.79 Å². The van der Waals surface area contributed by atoms with Crippen molar-refractivity contribution in [1.29, 1.82) is 0 Å². The molecule has 0 radical (unpaired) electrons. The molecule has 2 aromatic heterocycles. The molecule has 3 heterocycles. The zero-order valence-corrected chi connectivity index (χ0v) is 16.5. The molecule has 7 nitrogen and oxygen atoms in total. The predicted octanol–water partition coefficient (Wildman–Crippen LogP) is 3.06. The van der Waals surface area contributed by atoms with Crippen LogP contribution in [0.2, 0.25) is 0 Å². The van der Waals surface area contributed by atoms with Crippen molar-refractivity contribution in [2.45, 2.75) is 64.5 Å². The van der Waals surface area contributed by atoms with Gasteiger partial charge in [-0.3, -0.25) is 9.89 Å². The summed E-state index contributed by atoms with van der Waals surface area (Å²) in [7, 11) is 1.70. The van der Waals surface area contributed by atoms with Crippen molar-refractivity contribution in [2.75, 3.05) is 13.7 Å². The van der Waals surface area contributed by atoms with E-state index in [1.165, 1.54) is 24.1 Å². The molecule has 0 spiro atoms. The largest absolute Gasteiger partial charge is 0.424 e. The number of carbonyl (C=O) groups excluding carboxylic acids is 1. The molecule has 150 valence electrons. The van der Waals surface area contributed by atoms with Crippen molar-refractivity contribution in [3.8, 4) is 0 Å². The van der Waals surface area contributed by atoms with E-state index in [1.54, 1.807) is 24.9 Å². The lowest BCUT2D eigenvalue weighted by Crippen LogP contribution is -2.32. The molecule has 2 aromatic rings. The fourth-order valence-electron chi connectivity index (χ4n) is 4.20. The SMILES string of the molecule is Cc1cc(C2CCCO2)oc(=O)c1C(=O)N(C)Cc1n[nH]c2c1CCCCC2. The van der Waals surface area contributed by atoms with Crippen LogP contribution < -0.4 is 5.63 Å². The van der Waals surface area contributed by atoms with E-state index in [1.807, 2.05) is 0 Å². The Morgan fingerprint density at radius 3 is 2.86 bits per heavy atom. The third kappa shape index (κ3) is 3.63. The molecule has 1 saturated heterocycles. The standard InChI is InChI=1S/C21H27N3O4/c1-13-11-18(17-9-6-10-27-17)28-21(26)19(13)20(25)24(2)12-16-14-7-4-3-5-8-15(14)22-23-16/h11,17H,3-10,12H2,1-2H3,(H,22,23).